The van der Waals surface area contributed by atoms with Gasteiger partial charge in [-0.05, 0) is 48.4 Å². The quantitative estimate of drug-likeness (QED) is 0.111. The van der Waals surface area contributed by atoms with E-state index < -0.39 is 41.8 Å². The molecular weight excluding hydrogens is 704 g/mol. The molecule has 0 saturated carbocycles. The van der Waals surface area contributed by atoms with Crippen molar-refractivity contribution in [2.24, 2.45) is 0 Å². The third-order valence-electron chi connectivity index (χ3n) is 9.78. The number of H-pyrrole nitrogens is 1. The fourth-order valence-electron chi connectivity index (χ4n) is 6.92. The second kappa shape index (κ2) is 20.3. The van der Waals surface area contributed by atoms with Crippen LogP contribution in [-0.4, -0.2) is 94.5 Å². The summed E-state index contributed by atoms with van der Waals surface area (Å²) in [5.41, 5.74) is 3.45. The van der Waals surface area contributed by atoms with E-state index >= 15 is 0 Å². The smallest absolute Gasteiger partial charge is 0.245 e. The molecule has 3 atom stereocenters. The molecule has 12 heteroatoms. The van der Waals surface area contributed by atoms with Gasteiger partial charge < -0.3 is 30.7 Å². The third kappa shape index (κ3) is 11.4. The number of carbonyl (C=O) groups excluding carboxylic acids is 5. The summed E-state index contributed by atoms with van der Waals surface area (Å²) in [5.74, 6) is -2.42. The molecule has 4 N–H and O–H groups in total. The number of para-hydroxylation sites is 1. The zero-order chi connectivity index (χ0) is 38.3. The maximum absolute atomic E-state index is 14.3. The lowest BCUT2D eigenvalue weighted by atomic mass is 10.0. The van der Waals surface area contributed by atoms with Crippen LogP contribution in [-0.2, 0) is 43.2 Å². The first-order chi connectivity index (χ1) is 26.2. The molecule has 5 amide bonds. The molecule has 286 valence electrons. The summed E-state index contributed by atoms with van der Waals surface area (Å²) in [4.78, 5) is 75.2. The molecule has 0 spiro atoms. The molecular formula is C42H51ClN6O5. The van der Waals surface area contributed by atoms with E-state index in [0.717, 1.165) is 53.3 Å². The van der Waals surface area contributed by atoms with Gasteiger partial charge in [-0.3, -0.25) is 24.0 Å². The number of aromatic amines is 1. The Kier molecular flexibility index (Phi) is 15.1. The highest BCUT2D eigenvalue weighted by Gasteiger charge is 2.32. The van der Waals surface area contributed by atoms with Gasteiger partial charge in [0.15, 0.2) is 0 Å². The lowest BCUT2D eigenvalue weighted by Gasteiger charge is -2.32. The molecule has 1 aliphatic heterocycles. The number of amides is 5. The van der Waals surface area contributed by atoms with Gasteiger partial charge in [0.2, 0.25) is 29.5 Å². The largest absolute Gasteiger partial charge is 0.361 e. The van der Waals surface area contributed by atoms with Gasteiger partial charge in [-0.15, -0.1) is 11.6 Å². The van der Waals surface area contributed by atoms with Crippen molar-refractivity contribution in [3.8, 4) is 0 Å². The molecule has 2 heterocycles. The predicted molar refractivity (Wildman–Crippen MR) is 211 cm³/mol. The predicted octanol–water partition coefficient (Wildman–Crippen LogP) is 4.53. The number of halogens is 1. The van der Waals surface area contributed by atoms with Crippen molar-refractivity contribution in [1.29, 1.82) is 0 Å². The second-order valence-corrected chi connectivity index (χ2v) is 14.1. The number of unbranched alkanes of at least 4 members (excludes halogenated alkanes) is 1. The molecule has 1 aliphatic rings. The van der Waals surface area contributed by atoms with Crippen LogP contribution >= 0.6 is 11.6 Å². The highest BCUT2D eigenvalue weighted by molar-refractivity contribution is 6.27. The molecule has 0 unspecified atom stereocenters. The Hall–Kier alpha value is -5.16. The number of hydrogen-bond donors (Lipinski definition) is 4. The number of aromatic nitrogens is 1. The number of likely N-dealkylation sites (tertiary alicyclic amines) is 1. The first-order valence-corrected chi connectivity index (χ1v) is 19.4. The van der Waals surface area contributed by atoms with Crippen LogP contribution in [0.25, 0.3) is 10.9 Å². The Balaban J connectivity index is 1.39. The number of carbonyl (C=O) groups is 5. The average Bonchev–Trinajstić information content (AvgIpc) is 3.61. The van der Waals surface area contributed by atoms with Gasteiger partial charge in [0, 0.05) is 56.0 Å². The van der Waals surface area contributed by atoms with Crippen LogP contribution in [0.15, 0.2) is 91.1 Å². The van der Waals surface area contributed by atoms with E-state index in [-0.39, 0.29) is 37.7 Å². The maximum Gasteiger partial charge on any atom is 0.245 e. The Morgan fingerprint density at radius 2 is 1.35 bits per heavy atom. The SMILES string of the molecule is CCCCN(CC(=O)N[C@@H](Cc1c[nH]c2ccccc12)C(=O)N[C@@H](Cc1ccccc1)C(=O)N1CCCCC1)C(=O)[C@H](Cc1ccccc1)NC(=O)CCl. The first-order valence-electron chi connectivity index (χ1n) is 18.9. The Morgan fingerprint density at radius 3 is 2.00 bits per heavy atom. The zero-order valence-electron chi connectivity index (χ0n) is 30.9. The Labute approximate surface area is 322 Å². The molecule has 5 rings (SSSR count). The fraction of sp³-hybridized carbons (Fsp3) is 0.405. The summed E-state index contributed by atoms with van der Waals surface area (Å²) in [6.07, 6.45) is 6.74. The van der Waals surface area contributed by atoms with Crippen molar-refractivity contribution in [2.45, 2.75) is 76.4 Å². The number of rotatable bonds is 18. The molecule has 1 fully saturated rings. The molecule has 1 aromatic heterocycles. The molecule has 0 aliphatic carbocycles. The van der Waals surface area contributed by atoms with Gasteiger partial charge >= 0.3 is 0 Å². The van der Waals surface area contributed by atoms with E-state index in [9.17, 15) is 24.0 Å². The third-order valence-corrected chi connectivity index (χ3v) is 10.0. The van der Waals surface area contributed by atoms with Gasteiger partial charge in [0.25, 0.3) is 0 Å². The monoisotopic (exact) mass is 754 g/mol. The fourth-order valence-corrected chi connectivity index (χ4v) is 7.00. The summed E-state index contributed by atoms with van der Waals surface area (Å²) < 4.78 is 0. The van der Waals surface area contributed by atoms with Crippen molar-refractivity contribution in [1.82, 2.24) is 30.7 Å². The average molecular weight is 755 g/mol. The molecule has 0 bridgehead atoms. The number of hydrogen-bond acceptors (Lipinski definition) is 5. The summed E-state index contributed by atoms with van der Waals surface area (Å²) in [6, 6.07) is 23.7. The number of fused-ring (bicyclic) bond motifs is 1. The number of nitrogens with zero attached hydrogens (tertiary/aromatic N) is 2. The highest BCUT2D eigenvalue weighted by atomic mass is 35.5. The molecule has 0 radical (unpaired) electrons. The summed E-state index contributed by atoms with van der Waals surface area (Å²) in [5, 5.41) is 9.58. The molecule has 54 heavy (non-hydrogen) atoms. The van der Waals surface area contributed by atoms with E-state index in [2.05, 4.69) is 20.9 Å². The van der Waals surface area contributed by atoms with Gasteiger partial charge in [-0.2, -0.15) is 0 Å². The van der Waals surface area contributed by atoms with Crippen LogP contribution in [0, 0.1) is 0 Å². The summed E-state index contributed by atoms with van der Waals surface area (Å²) in [6.45, 7) is 3.19. The van der Waals surface area contributed by atoms with Crippen LogP contribution in [0.3, 0.4) is 0 Å². The number of nitrogens with one attached hydrogen (secondary N) is 4. The molecule has 11 nitrogen and oxygen atoms in total. The number of piperidine rings is 1. The van der Waals surface area contributed by atoms with Crippen molar-refractivity contribution in [2.75, 3.05) is 32.1 Å². The molecule has 3 aromatic carbocycles. The van der Waals surface area contributed by atoms with Crippen LogP contribution in [0.4, 0.5) is 0 Å². The van der Waals surface area contributed by atoms with E-state index in [1.807, 2.05) is 103 Å². The minimum Gasteiger partial charge on any atom is -0.361 e. The van der Waals surface area contributed by atoms with Crippen LogP contribution in [0.2, 0.25) is 0 Å². The minimum atomic E-state index is -1.07. The van der Waals surface area contributed by atoms with Crippen LogP contribution in [0.5, 0.6) is 0 Å². The van der Waals surface area contributed by atoms with Crippen molar-refractivity contribution < 1.29 is 24.0 Å². The van der Waals surface area contributed by atoms with Crippen LogP contribution in [0.1, 0.15) is 55.7 Å². The van der Waals surface area contributed by atoms with E-state index in [1.165, 1.54) is 4.90 Å². The van der Waals surface area contributed by atoms with E-state index in [4.69, 9.17) is 11.6 Å². The van der Waals surface area contributed by atoms with Gasteiger partial charge in [-0.1, -0.05) is 92.2 Å². The number of alkyl halides is 1. The summed E-state index contributed by atoms with van der Waals surface area (Å²) >= 11 is 5.81. The van der Waals surface area contributed by atoms with E-state index in [1.54, 1.807) is 0 Å². The van der Waals surface area contributed by atoms with Crippen molar-refractivity contribution in [3.63, 3.8) is 0 Å². The highest BCUT2D eigenvalue weighted by Crippen LogP contribution is 2.20. The van der Waals surface area contributed by atoms with Crippen molar-refractivity contribution >= 4 is 52.0 Å². The van der Waals surface area contributed by atoms with Crippen molar-refractivity contribution in [3.05, 3.63) is 108 Å². The second-order valence-electron chi connectivity index (χ2n) is 13.9. The Morgan fingerprint density at radius 1 is 0.741 bits per heavy atom. The normalized spacial score (nSPS) is 14.4. The maximum atomic E-state index is 14.3. The topological polar surface area (TPSA) is 144 Å². The first kappa shape index (κ1) is 40.0. The standard InChI is InChI=1S/C42H51ClN6O5/c1-2-3-21-49(42(54)36(46-38(50)27-43)24-30-15-7-4-8-16-30)29-39(51)45-35(26-32-28-44-34-20-12-11-19-33(32)34)40(52)47-37(25-31-17-9-5-10-18-31)41(53)48-22-13-6-14-23-48/h4-5,7-12,15-20,28,35-37,44H,2-3,6,13-14,21-27,29H2,1H3,(H,45,51)(H,46,50)(H,47,52)/t35-,36-,37-/m0/s1. The molecule has 4 aromatic rings. The lowest BCUT2D eigenvalue weighted by molar-refractivity contribution is -0.140. The van der Waals surface area contributed by atoms with Gasteiger partial charge in [-0.25, -0.2) is 0 Å². The summed E-state index contributed by atoms with van der Waals surface area (Å²) in [7, 11) is 0. The number of benzene rings is 3. The minimum absolute atomic E-state index is 0.142. The van der Waals surface area contributed by atoms with Gasteiger partial charge in [0.05, 0.1) is 6.54 Å². The Bertz CT molecular complexity index is 1850. The van der Waals surface area contributed by atoms with Gasteiger partial charge in [0.1, 0.15) is 24.0 Å². The molecule has 1 saturated heterocycles. The zero-order valence-corrected chi connectivity index (χ0v) is 31.7. The van der Waals surface area contributed by atoms with E-state index in [0.29, 0.717) is 25.9 Å². The lowest BCUT2D eigenvalue weighted by Crippen LogP contribution is -2.57. The van der Waals surface area contributed by atoms with Crippen LogP contribution < -0.4 is 16.0 Å².